The van der Waals surface area contributed by atoms with Crippen molar-refractivity contribution in [1.29, 1.82) is 5.26 Å². The molecule has 1 aliphatic carbocycles. The lowest BCUT2D eigenvalue weighted by Gasteiger charge is -2.28. The largest absolute Gasteiger partial charge is 0.490 e. The number of nitrogens with zero attached hydrogens (tertiary/aromatic N) is 3. The molecule has 0 amide bonds. The van der Waals surface area contributed by atoms with Gasteiger partial charge < -0.3 is 10.1 Å². The number of benzene rings is 1. The molecule has 0 unspecified atom stereocenters. The van der Waals surface area contributed by atoms with E-state index in [-0.39, 0.29) is 6.10 Å². The second-order valence-electron chi connectivity index (χ2n) is 6.12. The molecule has 7 heteroatoms. The van der Waals surface area contributed by atoms with E-state index in [9.17, 15) is 0 Å². The molecular weight excluding hydrogens is 383 g/mol. The van der Waals surface area contributed by atoms with Crippen molar-refractivity contribution in [3.05, 3.63) is 58.3 Å². The summed E-state index contributed by atoms with van der Waals surface area (Å²) in [5.41, 5.74) is 1.22. The predicted octanol–water partition coefficient (Wildman–Crippen LogP) is 4.89. The first-order valence-corrected chi connectivity index (χ1v) is 9.46. The number of nitriles is 1. The fraction of sp³-hybridized carbons (Fsp3) is 0.350. The second kappa shape index (κ2) is 10.9. The van der Waals surface area contributed by atoms with Gasteiger partial charge in [0.25, 0.3) is 0 Å². The van der Waals surface area contributed by atoms with E-state index in [1.807, 2.05) is 19.2 Å². The summed E-state index contributed by atoms with van der Waals surface area (Å²) in [5, 5.41) is 20.3. The third-order valence-electron chi connectivity index (χ3n) is 4.31. The molecule has 1 heterocycles. The van der Waals surface area contributed by atoms with Gasteiger partial charge in [0, 0.05) is 12.1 Å². The van der Waals surface area contributed by atoms with Crippen LogP contribution >= 0.6 is 23.2 Å². The van der Waals surface area contributed by atoms with Crippen molar-refractivity contribution in [1.82, 2.24) is 15.5 Å². The molecule has 5 nitrogen and oxygen atoms in total. The molecule has 0 saturated heterocycles. The maximum atomic E-state index is 8.80. The van der Waals surface area contributed by atoms with Crippen LogP contribution in [0, 0.1) is 11.3 Å². The third kappa shape index (κ3) is 6.84. The zero-order chi connectivity index (χ0) is 19.6. The van der Waals surface area contributed by atoms with Crippen LogP contribution in [-0.2, 0) is 0 Å². The predicted molar refractivity (Wildman–Crippen MR) is 109 cm³/mol. The Labute approximate surface area is 170 Å². The van der Waals surface area contributed by atoms with Gasteiger partial charge in [0.15, 0.2) is 5.15 Å². The van der Waals surface area contributed by atoms with E-state index in [1.165, 1.54) is 0 Å². The first-order valence-electron chi connectivity index (χ1n) is 8.71. The lowest BCUT2D eigenvalue weighted by Crippen LogP contribution is -2.34. The van der Waals surface area contributed by atoms with Crippen molar-refractivity contribution in [2.24, 2.45) is 0 Å². The number of rotatable bonds is 4. The van der Waals surface area contributed by atoms with Crippen LogP contribution in [0.2, 0.25) is 10.2 Å². The van der Waals surface area contributed by atoms with Crippen LogP contribution in [0.3, 0.4) is 0 Å². The Kier molecular flexibility index (Phi) is 8.53. The molecule has 3 rings (SSSR count). The van der Waals surface area contributed by atoms with Crippen LogP contribution in [0.4, 0.5) is 0 Å². The maximum Gasteiger partial charge on any atom is 0.151 e. The number of ether oxygens (including phenoxy) is 1. The average Bonchev–Trinajstić information content (AvgIpc) is 2.70. The molecule has 1 aromatic carbocycles. The van der Waals surface area contributed by atoms with Gasteiger partial charge in [0.1, 0.15) is 11.8 Å². The van der Waals surface area contributed by atoms with Crippen molar-refractivity contribution in [3.63, 3.8) is 0 Å². The zero-order valence-electron chi connectivity index (χ0n) is 15.2. The van der Waals surface area contributed by atoms with Crippen LogP contribution in [0.25, 0.3) is 6.08 Å². The van der Waals surface area contributed by atoms with Gasteiger partial charge in [-0.3, -0.25) is 0 Å². The minimum absolute atomic E-state index is 0.263. The highest BCUT2D eigenvalue weighted by Crippen LogP contribution is 2.27. The molecule has 1 aromatic heterocycles. The van der Waals surface area contributed by atoms with Crippen molar-refractivity contribution in [3.8, 4) is 11.8 Å². The van der Waals surface area contributed by atoms with E-state index in [0.29, 0.717) is 21.8 Å². The monoisotopic (exact) mass is 404 g/mol. The van der Waals surface area contributed by atoms with Gasteiger partial charge in [-0.25, -0.2) is 0 Å². The summed E-state index contributed by atoms with van der Waals surface area (Å²) in [6, 6.07) is 11.3. The van der Waals surface area contributed by atoms with Crippen LogP contribution < -0.4 is 10.1 Å². The normalized spacial score (nSPS) is 18.6. The van der Waals surface area contributed by atoms with Gasteiger partial charge in [-0.05, 0) is 63.1 Å². The molecular formula is C20H22Cl2N4O. The number of hydrogen-bond acceptors (Lipinski definition) is 5. The fourth-order valence-electron chi connectivity index (χ4n) is 2.76. The molecule has 0 bridgehead atoms. The summed E-state index contributed by atoms with van der Waals surface area (Å²) >= 11 is 11.4. The Morgan fingerprint density at radius 3 is 2.44 bits per heavy atom. The van der Waals surface area contributed by atoms with E-state index >= 15 is 0 Å². The summed E-state index contributed by atoms with van der Waals surface area (Å²) in [6.07, 6.45) is 6.28. The van der Waals surface area contributed by atoms with Crippen LogP contribution in [0.15, 0.2) is 36.9 Å². The van der Waals surface area contributed by atoms with Gasteiger partial charge in [-0.2, -0.15) is 5.26 Å². The minimum atomic E-state index is 0.263. The Bertz CT molecular complexity index is 782. The standard InChI is InChI=1S/C14H17ClN2O.C6H5ClN2/c1-17-11-3-6-12(7-4-11)18-13-5-2-10(9-16)14(15)8-13;1-2-5-3-4-6(7)9-8-5/h2,5,8,11-12,17H,3-4,6-7H2,1H3;2-4H,1H2. The van der Waals surface area contributed by atoms with E-state index in [4.69, 9.17) is 33.2 Å². The van der Waals surface area contributed by atoms with Crippen LogP contribution in [0.1, 0.15) is 36.9 Å². The van der Waals surface area contributed by atoms with Gasteiger partial charge in [0.2, 0.25) is 0 Å². The Balaban J connectivity index is 0.000000244. The topological polar surface area (TPSA) is 70.8 Å². The molecule has 1 N–H and O–H groups in total. The molecule has 27 heavy (non-hydrogen) atoms. The highest BCUT2D eigenvalue weighted by atomic mass is 35.5. The lowest BCUT2D eigenvalue weighted by atomic mass is 9.93. The van der Waals surface area contributed by atoms with Gasteiger partial charge >= 0.3 is 0 Å². The van der Waals surface area contributed by atoms with Crippen molar-refractivity contribution >= 4 is 29.3 Å². The van der Waals surface area contributed by atoms with E-state index in [1.54, 1.807) is 30.3 Å². The smallest absolute Gasteiger partial charge is 0.151 e. The Hall–Kier alpha value is -2.13. The van der Waals surface area contributed by atoms with Gasteiger partial charge in [0.05, 0.1) is 22.4 Å². The molecule has 0 radical (unpaired) electrons. The second-order valence-corrected chi connectivity index (χ2v) is 6.91. The summed E-state index contributed by atoms with van der Waals surface area (Å²) in [4.78, 5) is 0. The summed E-state index contributed by atoms with van der Waals surface area (Å²) in [5.74, 6) is 0.756. The highest BCUT2D eigenvalue weighted by molar-refractivity contribution is 6.31. The van der Waals surface area contributed by atoms with Crippen LogP contribution in [-0.4, -0.2) is 29.4 Å². The maximum absolute atomic E-state index is 8.80. The number of hydrogen-bond donors (Lipinski definition) is 1. The Morgan fingerprint density at radius 2 is 1.93 bits per heavy atom. The molecule has 1 fully saturated rings. The number of halogens is 2. The average molecular weight is 405 g/mol. The minimum Gasteiger partial charge on any atom is -0.490 e. The van der Waals surface area contributed by atoms with E-state index in [2.05, 4.69) is 22.1 Å². The van der Waals surface area contributed by atoms with Crippen molar-refractivity contribution in [2.75, 3.05) is 7.05 Å². The molecule has 0 atom stereocenters. The highest BCUT2D eigenvalue weighted by Gasteiger charge is 2.21. The third-order valence-corrected chi connectivity index (χ3v) is 4.82. The summed E-state index contributed by atoms with van der Waals surface area (Å²) in [6.45, 7) is 3.52. The zero-order valence-corrected chi connectivity index (χ0v) is 16.7. The van der Waals surface area contributed by atoms with E-state index < -0.39 is 0 Å². The fourth-order valence-corrected chi connectivity index (χ4v) is 3.07. The summed E-state index contributed by atoms with van der Waals surface area (Å²) < 4.78 is 5.91. The molecule has 0 aliphatic heterocycles. The van der Waals surface area contributed by atoms with Crippen molar-refractivity contribution in [2.45, 2.75) is 37.8 Å². The van der Waals surface area contributed by atoms with Gasteiger partial charge in [-0.1, -0.05) is 29.8 Å². The van der Waals surface area contributed by atoms with Crippen molar-refractivity contribution < 1.29 is 4.74 Å². The Morgan fingerprint density at radius 1 is 1.19 bits per heavy atom. The number of nitrogens with one attached hydrogen (secondary N) is 1. The molecule has 142 valence electrons. The van der Waals surface area contributed by atoms with E-state index in [0.717, 1.165) is 37.1 Å². The van der Waals surface area contributed by atoms with Crippen LogP contribution in [0.5, 0.6) is 5.75 Å². The van der Waals surface area contributed by atoms with Gasteiger partial charge in [-0.15, -0.1) is 10.2 Å². The molecule has 1 saturated carbocycles. The first kappa shape index (κ1) is 21.2. The molecule has 2 aromatic rings. The number of aromatic nitrogens is 2. The first-order chi connectivity index (χ1) is 13.0. The summed E-state index contributed by atoms with van der Waals surface area (Å²) in [7, 11) is 2.01. The SMILES string of the molecule is C=Cc1ccc(Cl)nn1.CNC1CCC(Oc2ccc(C#N)c(Cl)c2)CC1. The quantitative estimate of drug-likeness (QED) is 0.784. The molecule has 0 spiro atoms. The lowest BCUT2D eigenvalue weighted by molar-refractivity contribution is 0.141. The molecule has 1 aliphatic rings.